The zero-order valence-electron chi connectivity index (χ0n) is 11.2. The Morgan fingerprint density at radius 2 is 1.65 bits per heavy atom. The Kier molecular flexibility index (Phi) is 4.02. The van der Waals surface area contributed by atoms with Gasteiger partial charge in [0.2, 0.25) is 0 Å². The van der Waals surface area contributed by atoms with Crippen molar-refractivity contribution in [3.05, 3.63) is 54.4 Å². The molecule has 0 unspecified atom stereocenters. The number of nitrogens with one attached hydrogen (secondary N) is 1. The third-order valence-corrected chi connectivity index (χ3v) is 2.65. The maximum Gasteiger partial charge on any atom is 0.325 e. The number of nitrogens with zero attached hydrogens (tertiary/aromatic N) is 4. The fraction of sp³-hybridized carbons (Fsp3) is 0.100. The van der Waals surface area contributed by atoms with Gasteiger partial charge in [-0.25, -0.2) is 4.98 Å². The van der Waals surface area contributed by atoms with Crippen molar-refractivity contribution in [2.75, 3.05) is 5.73 Å². The summed E-state index contributed by atoms with van der Waals surface area (Å²) in [6, 6.07) is 1.17. The van der Waals surface area contributed by atoms with Gasteiger partial charge in [0.05, 0.1) is 32.6 Å². The highest BCUT2D eigenvalue weighted by atomic mass is 16.6. The lowest BCUT2D eigenvalue weighted by atomic mass is 10.2. The Morgan fingerprint density at radius 3 is 2.04 bits per heavy atom. The molecule has 3 N–H and O–H groups in total. The van der Waals surface area contributed by atoms with Gasteiger partial charge in [-0.05, 0) is 0 Å². The second-order valence-electron chi connectivity index (χ2n) is 4.15. The average molecular weight is 324 g/mol. The van der Waals surface area contributed by atoms with Crippen LogP contribution in [0.3, 0.4) is 0 Å². The number of rotatable bonds is 6. The van der Waals surface area contributed by atoms with Gasteiger partial charge in [0.15, 0.2) is 5.95 Å². The number of nitro benzene ring substituents is 3. The molecule has 13 heteroatoms. The average Bonchev–Trinajstić information content (AvgIpc) is 2.89. The Hall–Kier alpha value is -3.77. The molecular formula is C10H8N6O7. The summed E-state index contributed by atoms with van der Waals surface area (Å²) in [5.41, 5.74) is 3.00. The number of H-pyrrole nitrogens is 1. The van der Waals surface area contributed by atoms with E-state index in [9.17, 15) is 30.3 Å². The molecule has 1 aromatic heterocycles. The van der Waals surface area contributed by atoms with Crippen LogP contribution in [0.1, 0.15) is 5.69 Å². The predicted octanol–water partition coefficient (Wildman–Crippen LogP) is 1.30. The molecule has 2 aromatic rings. The first-order chi connectivity index (χ1) is 10.8. The van der Waals surface area contributed by atoms with Crippen LogP contribution in [-0.4, -0.2) is 24.7 Å². The van der Waals surface area contributed by atoms with Gasteiger partial charge in [-0.1, -0.05) is 0 Å². The summed E-state index contributed by atoms with van der Waals surface area (Å²) in [5, 5.41) is 32.8. The summed E-state index contributed by atoms with van der Waals surface area (Å²) in [4.78, 5) is 36.1. The zero-order chi connectivity index (χ0) is 17.1. The number of hydrogen-bond acceptors (Lipinski definition) is 9. The summed E-state index contributed by atoms with van der Waals surface area (Å²) >= 11 is 0. The van der Waals surface area contributed by atoms with Crippen molar-refractivity contribution in [1.82, 2.24) is 9.97 Å². The first-order valence-corrected chi connectivity index (χ1v) is 5.83. The predicted molar refractivity (Wildman–Crippen MR) is 73.7 cm³/mol. The Balaban J connectivity index is 2.48. The van der Waals surface area contributed by atoms with Gasteiger partial charge in [-0.2, -0.15) is 0 Å². The lowest BCUT2D eigenvalue weighted by Crippen LogP contribution is -2.04. The highest BCUT2D eigenvalue weighted by molar-refractivity contribution is 5.65. The number of hydrogen-bond donors (Lipinski definition) is 2. The van der Waals surface area contributed by atoms with Gasteiger partial charge in [0.25, 0.3) is 11.4 Å². The number of aromatic nitrogens is 2. The monoisotopic (exact) mass is 324 g/mol. The minimum absolute atomic E-state index is 0.0660. The SMILES string of the molecule is Nc1nc(COc2c([N+](=O)[O-])cc([N+](=O)[O-])cc2[N+](=O)[O-])c[nH]1. The van der Waals surface area contributed by atoms with Crippen LogP contribution in [0.5, 0.6) is 5.75 Å². The lowest BCUT2D eigenvalue weighted by molar-refractivity contribution is -0.404. The first-order valence-electron chi connectivity index (χ1n) is 5.83. The van der Waals surface area contributed by atoms with Crippen LogP contribution in [-0.2, 0) is 6.61 Å². The molecule has 13 nitrogen and oxygen atoms in total. The molecule has 0 aliphatic rings. The van der Waals surface area contributed by atoms with Gasteiger partial charge in [-0.15, -0.1) is 0 Å². The van der Waals surface area contributed by atoms with Crippen molar-refractivity contribution in [3.8, 4) is 5.75 Å². The topological polar surface area (TPSA) is 193 Å². The number of ether oxygens (including phenoxy) is 1. The van der Waals surface area contributed by atoms with Gasteiger partial charge in [-0.3, -0.25) is 30.3 Å². The van der Waals surface area contributed by atoms with Crippen molar-refractivity contribution in [1.29, 1.82) is 0 Å². The number of aromatic amines is 1. The summed E-state index contributed by atoms with van der Waals surface area (Å²) in [6.07, 6.45) is 1.35. The van der Waals surface area contributed by atoms with E-state index in [0.29, 0.717) is 12.1 Å². The summed E-state index contributed by atoms with van der Waals surface area (Å²) in [7, 11) is 0. The fourth-order valence-electron chi connectivity index (χ4n) is 1.71. The molecule has 1 heterocycles. The smallest absolute Gasteiger partial charge is 0.325 e. The van der Waals surface area contributed by atoms with Crippen LogP contribution < -0.4 is 10.5 Å². The molecule has 23 heavy (non-hydrogen) atoms. The summed E-state index contributed by atoms with van der Waals surface area (Å²) in [6.45, 7) is -0.354. The van der Waals surface area contributed by atoms with Gasteiger partial charge in [0.1, 0.15) is 6.61 Å². The molecule has 0 spiro atoms. The molecule has 0 saturated carbocycles. The van der Waals surface area contributed by atoms with Crippen LogP contribution in [0.25, 0.3) is 0 Å². The second kappa shape index (κ2) is 5.92. The van der Waals surface area contributed by atoms with E-state index >= 15 is 0 Å². The van der Waals surface area contributed by atoms with E-state index in [1.807, 2.05) is 0 Å². The second-order valence-corrected chi connectivity index (χ2v) is 4.15. The lowest BCUT2D eigenvalue weighted by Gasteiger charge is -2.06. The molecule has 0 fully saturated rings. The number of imidazole rings is 1. The largest absolute Gasteiger partial charge is 0.475 e. The van der Waals surface area contributed by atoms with Gasteiger partial charge >= 0.3 is 11.4 Å². The minimum Gasteiger partial charge on any atom is -0.475 e. The number of nitrogen functional groups attached to an aromatic ring is 1. The van der Waals surface area contributed by atoms with Crippen LogP contribution in [0.2, 0.25) is 0 Å². The van der Waals surface area contributed by atoms with Crippen molar-refractivity contribution in [2.45, 2.75) is 6.61 Å². The van der Waals surface area contributed by atoms with E-state index in [-0.39, 0.29) is 18.2 Å². The molecule has 120 valence electrons. The van der Waals surface area contributed by atoms with Crippen molar-refractivity contribution < 1.29 is 19.5 Å². The third-order valence-electron chi connectivity index (χ3n) is 2.65. The molecule has 0 saturated heterocycles. The minimum atomic E-state index is -1.01. The number of non-ortho nitro benzene ring substituents is 1. The van der Waals surface area contributed by atoms with Crippen LogP contribution in [0.4, 0.5) is 23.0 Å². The van der Waals surface area contributed by atoms with Crippen molar-refractivity contribution in [2.24, 2.45) is 0 Å². The molecular weight excluding hydrogens is 316 g/mol. The molecule has 1 aromatic carbocycles. The van der Waals surface area contributed by atoms with Crippen molar-refractivity contribution in [3.63, 3.8) is 0 Å². The summed E-state index contributed by atoms with van der Waals surface area (Å²) in [5.74, 6) is -0.636. The number of benzene rings is 1. The van der Waals surface area contributed by atoms with Gasteiger partial charge in [0, 0.05) is 6.20 Å². The Bertz CT molecular complexity index is 766. The van der Waals surface area contributed by atoms with E-state index in [4.69, 9.17) is 10.5 Å². The van der Waals surface area contributed by atoms with Gasteiger partial charge < -0.3 is 15.5 Å². The van der Waals surface area contributed by atoms with E-state index in [2.05, 4.69) is 9.97 Å². The number of nitro groups is 3. The molecule has 0 bridgehead atoms. The Morgan fingerprint density at radius 1 is 1.09 bits per heavy atom. The van der Waals surface area contributed by atoms with Crippen LogP contribution in [0.15, 0.2) is 18.3 Å². The van der Waals surface area contributed by atoms with E-state index in [1.165, 1.54) is 6.20 Å². The normalized spacial score (nSPS) is 10.3. The summed E-state index contributed by atoms with van der Waals surface area (Å²) < 4.78 is 5.08. The Labute approximate surface area is 126 Å². The quantitative estimate of drug-likeness (QED) is 0.581. The van der Waals surface area contributed by atoms with Crippen LogP contribution >= 0.6 is 0 Å². The van der Waals surface area contributed by atoms with E-state index in [0.717, 1.165) is 0 Å². The molecule has 0 aliphatic heterocycles. The standard InChI is InChI=1S/C10H8N6O7/c11-10-12-3-5(13-10)4-23-9-7(15(19)20)1-6(14(17)18)2-8(9)16(21)22/h1-3H,4H2,(H3,11,12,13). The van der Waals surface area contributed by atoms with E-state index < -0.39 is 37.6 Å². The van der Waals surface area contributed by atoms with Crippen LogP contribution in [0, 0.1) is 30.3 Å². The molecule has 0 aliphatic carbocycles. The third kappa shape index (κ3) is 3.29. The highest BCUT2D eigenvalue weighted by Crippen LogP contribution is 2.40. The number of nitrogens with two attached hydrogens (primary N) is 1. The van der Waals surface area contributed by atoms with E-state index in [1.54, 1.807) is 0 Å². The molecule has 2 rings (SSSR count). The fourth-order valence-corrected chi connectivity index (χ4v) is 1.71. The highest BCUT2D eigenvalue weighted by Gasteiger charge is 2.32. The molecule has 0 radical (unpaired) electrons. The maximum absolute atomic E-state index is 11.0. The first kappa shape index (κ1) is 15.6. The maximum atomic E-state index is 11.0. The van der Waals surface area contributed by atoms with Crippen molar-refractivity contribution >= 4 is 23.0 Å². The zero-order valence-corrected chi connectivity index (χ0v) is 11.2. The number of anilines is 1. The molecule has 0 amide bonds. The molecule has 0 atom stereocenters.